The van der Waals surface area contributed by atoms with Crippen molar-refractivity contribution in [1.82, 2.24) is 4.90 Å². The van der Waals surface area contributed by atoms with Crippen LogP contribution in [0, 0.1) is 5.82 Å². The van der Waals surface area contributed by atoms with Gasteiger partial charge in [0.05, 0.1) is 5.02 Å². The van der Waals surface area contributed by atoms with E-state index in [9.17, 15) is 4.39 Å². The number of fused-ring (bicyclic) bond motifs is 1. The predicted molar refractivity (Wildman–Crippen MR) is 78.9 cm³/mol. The molecule has 1 aliphatic rings. The number of nitrogens with zero attached hydrogens (tertiary/aromatic N) is 1. The molecule has 0 radical (unpaired) electrons. The second kappa shape index (κ2) is 5.52. The van der Waals surface area contributed by atoms with E-state index in [2.05, 4.69) is 29.2 Å². The molecule has 20 heavy (non-hydrogen) atoms. The highest BCUT2D eigenvalue weighted by Crippen LogP contribution is 2.32. The third-order valence-corrected chi connectivity index (χ3v) is 4.15. The van der Waals surface area contributed by atoms with Crippen molar-refractivity contribution in [1.29, 1.82) is 0 Å². The van der Waals surface area contributed by atoms with Crippen LogP contribution in [0.4, 0.5) is 4.39 Å². The number of rotatable bonds is 3. The molecule has 4 heteroatoms. The van der Waals surface area contributed by atoms with Gasteiger partial charge in [0.2, 0.25) is 0 Å². The molecule has 1 heterocycles. The number of halogens is 2. The summed E-state index contributed by atoms with van der Waals surface area (Å²) in [4.78, 5) is 2.30. The van der Waals surface area contributed by atoms with Crippen LogP contribution in [0.1, 0.15) is 22.7 Å². The molecule has 2 N–H and O–H groups in total. The monoisotopic (exact) mass is 290 g/mol. The Hall–Kier alpha value is -1.42. The van der Waals surface area contributed by atoms with Gasteiger partial charge < -0.3 is 5.73 Å². The van der Waals surface area contributed by atoms with Crippen LogP contribution in [0.3, 0.4) is 0 Å². The van der Waals surface area contributed by atoms with Crippen LogP contribution < -0.4 is 5.73 Å². The number of hydrogen-bond acceptors (Lipinski definition) is 2. The van der Waals surface area contributed by atoms with Gasteiger partial charge in [-0.05, 0) is 28.8 Å². The topological polar surface area (TPSA) is 29.3 Å². The van der Waals surface area contributed by atoms with Gasteiger partial charge >= 0.3 is 0 Å². The fourth-order valence-electron chi connectivity index (χ4n) is 2.80. The van der Waals surface area contributed by atoms with Gasteiger partial charge in [-0.2, -0.15) is 0 Å². The van der Waals surface area contributed by atoms with Crippen LogP contribution in [-0.4, -0.2) is 11.4 Å². The van der Waals surface area contributed by atoms with E-state index in [0.717, 1.165) is 18.7 Å². The van der Waals surface area contributed by atoms with Crippen LogP contribution in [0.2, 0.25) is 5.02 Å². The zero-order valence-corrected chi connectivity index (χ0v) is 11.8. The Morgan fingerprint density at radius 1 is 1.15 bits per heavy atom. The second-order valence-corrected chi connectivity index (χ2v) is 5.51. The molecule has 2 aromatic carbocycles. The third kappa shape index (κ3) is 2.44. The standard InChI is InChI=1S/C16H16ClFN2/c17-14-7-11(5-6-15(14)18)16(8-19)20-9-12-3-1-2-4-13(12)10-20/h1-7,16H,8-10,19H2. The Kier molecular flexibility index (Phi) is 3.74. The van der Waals surface area contributed by atoms with Crippen LogP contribution in [0.5, 0.6) is 0 Å². The second-order valence-electron chi connectivity index (χ2n) is 5.10. The van der Waals surface area contributed by atoms with Gasteiger partial charge in [-0.3, -0.25) is 4.90 Å². The summed E-state index contributed by atoms with van der Waals surface area (Å²) in [6.07, 6.45) is 0. The summed E-state index contributed by atoms with van der Waals surface area (Å²) in [5, 5.41) is 0.151. The molecule has 104 valence electrons. The minimum absolute atomic E-state index is 0.0560. The summed E-state index contributed by atoms with van der Waals surface area (Å²) in [7, 11) is 0. The zero-order valence-electron chi connectivity index (χ0n) is 11.0. The smallest absolute Gasteiger partial charge is 0.141 e. The molecule has 2 nitrogen and oxygen atoms in total. The maximum Gasteiger partial charge on any atom is 0.141 e. The summed E-state index contributed by atoms with van der Waals surface area (Å²) < 4.78 is 13.3. The summed E-state index contributed by atoms with van der Waals surface area (Å²) in [5.74, 6) is -0.393. The van der Waals surface area contributed by atoms with Crippen molar-refractivity contribution in [2.45, 2.75) is 19.1 Å². The van der Waals surface area contributed by atoms with Gasteiger partial charge in [0, 0.05) is 25.7 Å². The van der Waals surface area contributed by atoms with Gasteiger partial charge in [0.15, 0.2) is 0 Å². The molecule has 0 aliphatic carbocycles. The minimum Gasteiger partial charge on any atom is -0.329 e. The van der Waals surface area contributed by atoms with Crippen molar-refractivity contribution >= 4 is 11.6 Å². The Balaban J connectivity index is 1.87. The lowest BCUT2D eigenvalue weighted by atomic mass is 10.1. The first-order valence-electron chi connectivity index (χ1n) is 6.65. The fourth-order valence-corrected chi connectivity index (χ4v) is 2.98. The van der Waals surface area contributed by atoms with Crippen molar-refractivity contribution in [2.24, 2.45) is 5.73 Å². The lowest BCUT2D eigenvalue weighted by Gasteiger charge is -2.26. The molecule has 0 saturated carbocycles. The van der Waals surface area contributed by atoms with E-state index in [-0.39, 0.29) is 11.1 Å². The number of hydrogen-bond donors (Lipinski definition) is 1. The van der Waals surface area contributed by atoms with E-state index in [0.29, 0.717) is 6.54 Å². The molecule has 2 aromatic rings. The van der Waals surface area contributed by atoms with Crippen molar-refractivity contribution < 1.29 is 4.39 Å². The van der Waals surface area contributed by atoms with Gasteiger partial charge in [-0.15, -0.1) is 0 Å². The Morgan fingerprint density at radius 2 is 1.80 bits per heavy atom. The summed E-state index contributed by atoms with van der Waals surface area (Å²) in [6, 6.07) is 13.3. The quantitative estimate of drug-likeness (QED) is 0.937. The van der Waals surface area contributed by atoms with Crippen molar-refractivity contribution in [3.8, 4) is 0 Å². The lowest BCUT2D eigenvalue weighted by molar-refractivity contribution is 0.205. The Morgan fingerprint density at radius 3 is 2.35 bits per heavy atom. The SMILES string of the molecule is NCC(c1ccc(F)c(Cl)c1)N1Cc2ccccc2C1. The van der Waals surface area contributed by atoms with Crippen LogP contribution in [0.25, 0.3) is 0 Å². The van der Waals surface area contributed by atoms with Gasteiger partial charge in [-0.1, -0.05) is 41.9 Å². The van der Waals surface area contributed by atoms with E-state index < -0.39 is 5.82 Å². The van der Waals surface area contributed by atoms with Gasteiger partial charge in [0.1, 0.15) is 5.82 Å². The van der Waals surface area contributed by atoms with E-state index >= 15 is 0 Å². The minimum atomic E-state index is -0.393. The van der Waals surface area contributed by atoms with Crippen molar-refractivity contribution in [2.75, 3.05) is 6.54 Å². The van der Waals surface area contributed by atoms with E-state index in [4.69, 9.17) is 17.3 Å². The zero-order chi connectivity index (χ0) is 14.1. The largest absolute Gasteiger partial charge is 0.329 e. The van der Waals surface area contributed by atoms with Crippen LogP contribution in [0.15, 0.2) is 42.5 Å². The molecule has 0 bridgehead atoms. The maximum atomic E-state index is 13.3. The Bertz CT molecular complexity index is 605. The maximum absolute atomic E-state index is 13.3. The average molecular weight is 291 g/mol. The van der Waals surface area contributed by atoms with Gasteiger partial charge in [-0.25, -0.2) is 4.39 Å². The highest BCUT2D eigenvalue weighted by molar-refractivity contribution is 6.30. The van der Waals surface area contributed by atoms with Crippen LogP contribution >= 0.6 is 11.6 Å². The van der Waals surface area contributed by atoms with E-state index in [1.54, 1.807) is 12.1 Å². The van der Waals surface area contributed by atoms with Gasteiger partial charge in [0.25, 0.3) is 0 Å². The molecular formula is C16H16ClFN2. The number of benzene rings is 2. The molecule has 1 atom stereocenters. The number of nitrogens with two attached hydrogens (primary N) is 1. The molecule has 0 aromatic heterocycles. The fraction of sp³-hybridized carbons (Fsp3) is 0.250. The van der Waals surface area contributed by atoms with Crippen LogP contribution in [-0.2, 0) is 13.1 Å². The molecule has 0 spiro atoms. The normalized spacial score (nSPS) is 16.1. The molecule has 1 aliphatic heterocycles. The first kappa shape index (κ1) is 13.6. The molecule has 3 rings (SSSR count). The summed E-state index contributed by atoms with van der Waals surface area (Å²) >= 11 is 5.88. The first-order valence-corrected chi connectivity index (χ1v) is 7.02. The van der Waals surface area contributed by atoms with Crippen molar-refractivity contribution in [3.63, 3.8) is 0 Å². The van der Waals surface area contributed by atoms with E-state index in [1.165, 1.54) is 17.2 Å². The molecule has 0 saturated heterocycles. The predicted octanol–water partition coefficient (Wildman–Crippen LogP) is 3.49. The molecule has 0 amide bonds. The first-order chi connectivity index (χ1) is 9.69. The summed E-state index contributed by atoms with van der Waals surface area (Å²) in [5.41, 5.74) is 9.56. The average Bonchev–Trinajstić information content (AvgIpc) is 2.87. The Labute approximate surface area is 123 Å². The molecule has 1 unspecified atom stereocenters. The van der Waals surface area contributed by atoms with Crippen molar-refractivity contribution in [3.05, 3.63) is 70.0 Å². The lowest BCUT2D eigenvalue weighted by Crippen LogP contribution is -2.29. The third-order valence-electron chi connectivity index (χ3n) is 3.86. The molecule has 0 fully saturated rings. The highest BCUT2D eigenvalue weighted by Gasteiger charge is 2.26. The van der Waals surface area contributed by atoms with E-state index in [1.807, 2.05) is 0 Å². The molecular weight excluding hydrogens is 275 g/mol. The summed E-state index contributed by atoms with van der Waals surface area (Å²) in [6.45, 7) is 2.22. The highest BCUT2D eigenvalue weighted by atomic mass is 35.5.